The van der Waals surface area contributed by atoms with E-state index in [0.717, 1.165) is 17.2 Å². The van der Waals surface area contributed by atoms with Crippen molar-refractivity contribution in [1.82, 2.24) is 0 Å². The topological polar surface area (TPSA) is 34.1 Å². The molecule has 0 spiro atoms. The molecule has 1 atom stereocenters. The first-order valence-electron chi connectivity index (χ1n) is 6.17. The fourth-order valence-corrected chi connectivity index (χ4v) is 2.94. The average Bonchev–Trinajstić information content (AvgIpc) is 2.86. The minimum absolute atomic E-state index is 0.106. The van der Waals surface area contributed by atoms with Crippen molar-refractivity contribution in [2.75, 3.05) is 19.1 Å². The van der Waals surface area contributed by atoms with E-state index in [1.165, 1.54) is 0 Å². The summed E-state index contributed by atoms with van der Waals surface area (Å²) in [6.07, 6.45) is 1.86. The van der Waals surface area contributed by atoms with Crippen molar-refractivity contribution in [2.45, 2.75) is 26.1 Å². The molecule has 0 radical (unpaired) electrons. The van der Waals surface area contributed by atoms with Gasteiger partial charge < -0.3 is 14.4 Å². The van der Waals surface area contributed by atoms with Gasteiger partial charge in [0.2, 0.25) is 0 Å². The number of benzene rings is 1. The third-order valence-electron chi connectivity index (χ3n) is 2.99. The molecule has 1 heterocycles. The van der Waals surface area contributed by atoms with E-state index < -0.39 is 0 Å². The lowest BCUT2D eigenvalue weighted by molar-refractivity contribution is 0.353. The monoisotopic (exact) mass is 280 g/mol. The summed E-state index contributed by atoms with van der Waals surface area (Å²) in [7, 11) is 3.31. The smallest absolute Gasteiger partial charge is 0.184 e. The van der Waals surface area contributed by atoms with E-state index in [0.29, 0.717) is 0 Å². The lowest BCUT2D eigenvalue weighted by Gasteiger charge is -2.34. The summed E-state index contributed by atoms with van der Waals surface area (Å²) in [5.74, 6) is 1.48. The van der Waals surface area contributed by atoms with Crippen LogP contribution in [0.3, 0.4) is 0 Å². The largest absolute Gasteiger partial charge is 0.493 e. The molecular formula is C14H20N2O2S. The molecule has 0 N–H and O–H groups in total. The Hall–Kier alpha value is -1.36. The molecule has 19 heavy (non-hydrogen) atoms. The van der Waals surface area contributed by atoms with E-state index in [1.54, 1.807) is 26.2 Å². The van der Waals surface area contributed by atoms with E-state index in [2.05, 4.69) is 30.1 Å². The molecule has 1 unspecified atom stereocenters. The maximum absolute atomic E-state index is 5.50. The summed E-state index contributed by atoms with van der Waals surface area (Å²) in [5, 5.41) is 0.244. The summed E-state index contributed by atoms with van der Waals surface area (Å²) in [6.45, 7) is 6.62. The second kappa shape index (κ2) is 5.33. The van der Waals surface area contributed by atoms with Gasteiger partial charge in [-0.3, -0.25) is 0 Å². The molecule has 0 saturated heterocycles. The van der Waals surface area contributed by atoms with Gasteiger partial charge in [0.05, 0.1) is 19.9 Å². The van der Waals surface area contributed by atoms with Gasteiger partial charge in [-0.15, -0.1) is 0 Å². The van der Waals surface area contributed by atoms with Crippen molar-refractivity contribution >= 4 is 24.0 Å². The van der Waals surface area contributed by atoms with Gasteiger partial charge in [0.25, 0.3) is 0 Å². The van der Waals surface area contributed by atoms with Crippen molar-refractivity contribution < 1.29 is 9.47 Å². The van der Waals surface area contributed by atoms with Crippen molar-refractivity contribution in [3.05, 3.63) is 18.2 Å². The quantitative estimate of drug-likeness (QED) is 0.793. The minimum atomic E-state index is 0.106. The first-order valence-corrected chi connectivity index (χ1v) is 7.01. The molecule has 4 nitrogen and oxygen atoms in total. The highest BCUT2D eigenvalue weighted by molar-refractivity contribution is 7.99. The van der Waals surface area contributed by atoms with Gasteiger partial charge in [0.15, 0.2) is 11.5 Å². The van der Waals surface area contributed by atoms with Crippen molar-refractivity contribution in [1.29, 1.82) is 0 Å². The van der Waals surface area contributed by atoms with Gasteiger partial charge in [-0.05, 0) is 17.5 Å². The summed E-state index contributed by atoms with van der Waals surface area (Å²) >= 11 is 1.58. The van der Waals surface area contributed by atoms with E-state index >= 15 is 0 Å². The van der Waals surface area contributed by atoms with Gasteiger partial charge >= 0.3 is 0 Å². The van der Waals surface area contributed by atoms with Gasteiger partial charge in [-0.2, -0.15) is 0 Å². The first-order chi connectivity index (χ1) is 8.99. The molecule has 0 aliphatic carbocycles. The summed E-state index contributed by atoms with van der Waals surface area (Å²) in [6, 6.07) is 5.89. The Morgan fingerprint density at radius 3 is 2.53 bits per heavy atom. The highest BCUT2D eigenvalue weighted by Crippen LogP contribution is 2.44. The highest BCUT2D eigenvalue weighted by Gasteiger charge is 2.35. The molecule has 0 amide bonds. The summed E-state index contributed by atoms with van der Waals surface area (Å²) < 4.78 is 15.2. The van der Waals surface area contributed by atoms with Crippen LogP contribution in [0, 0.1) is 5.41 Å². The number of methoxy groups -OCH3 is 2. The van der Waals surface area contributed by atoms with Crippen LogP contribution in [-0.4, -0.2) is 25.9 Å². The van der Waals surface area contributed by atoms with Crippen LogP contribution in [0.25, 0.3) is 0 Å². The van der Waals surface area contributed by atoms with Crippen LogP contribution in [0.2, 0.25) is 0 Å². The zero-order valence-electron chi connectivity index (χ0n) is 12.0. The number of rotatable bonds is 3. The highest BCUT2D eigenvalue weighted by atomic mass is 32.2. The maximum Gasteiger partial charge on any atom is 0.184 e. The van der Waals surface area contributed by atoms with Crippen LogP contribution in [-0.2, 0) is 0 Å². The van der Waals surface area contributed by atoms with Crippen LogP contribution in [0.15, 0.2) is 22.6 Å². The van der Waals surface area contributed by atoms with Crippen LogP contribution >= 0.6 is 11.9 Å². The first kappa shape index (κ1) is 14.1. The van der Waals surface area contributed by atoms with Gasteiger partial charge in [-0.1, -0.05) is 26.8 Å². The third kappa shape index (κ3) is 2.66. The van der Waals surface area contributed by atoms with Crippen LogP contribution < -0.4 is 14.4 Å². The Balaban J connectivity index is 2.44. The molecule has 1 aliphatic heterocycles. The fraction of sp³-hybridized carbons (Fsp3) is 0.500. The van der Waals surface area contributed by atoms with E-state index in [-0.39, 0.29) is 10.8 Å². The van der Waals surface area contributed by atoms with E-state index in [1.807, 2.05) is 24.5 Å². The second-order valence-corrected chi connectivity index (χ2v) is 6.33. The lowest BCUT2D eigenvalue weighted by Crippen LogP contribution is -2.38. The Labute approximate surface area is 118 Å². The molecule has 1 aromatic rings. The van der Waals surface area contributed by atoms with E-state index in [4.69, 9.17) is 9.47 Å². The van der Waals surface area contributed by atoms with Gasteiger partial charge in [-0.25, -0.2) is 4.40 Å². The summed E-state index contributed by atoms with van der Waals surface area (Å²) in [5.41, 5.74) is 1.09. The zero-order valence-corrected chi connectivity index (χ0v) is 12.8. The third-order valence-corrected chi connectivity index (χ3v) is 4.34. The standard InChI is InChI=1S/C14H20N2O2S/c1-14(2,3)13-16(9-15-19-13)10-7-6-8-11(17-4)12(10)18-5/h6-9,13H,1-5H3. The zero-order chi connectivity index (χ0) is 14.0. The molecule has 104 valence electrons. The normalized spacial score (nSPS) is 18.8. The molecule has 0 bridgehead atoms. The molecule has 0 saturated carbocycles. The summed E-state index contributed by atoms with van der Waals surface area (Å²) in [4.78, 5) is 2.14. The van der Waals surface area contributed by atoms with E-state index in [9.17, 15) is 0 Å². The molecule has 0 fully saturated rings. The molecule has 1 aliphatic rings. The predicted molar refractivity (Wildman–Crippen MR) is 81.4 cm³/mol. The number of anilines is 1. The molecular weight excluding hydrogens is 260 g/mol. The van der Waals surface area contributed by atoms with Gasteiger partial charge in [0, 0.05) is 11.9 Å². The Morgan fingerprint density at radius 1 is 1.21 bits per heavy atom. The van der Waals surface area contributed by atoms with Crippen LogP contribution in [0.4, 0.5) is 5.69 Å². The predicted octanol–water partition coefficient (Wildman–Crippen LogP) is 3.57. The number of para-hydroxylation sites is 1. The fourth-order valence-electron chi connectivity index (χ4n) is 2.08. The second-order valence-electron chi connectivity index (χ2n) is 5.46. The van der Waals surface area contributed by atoms with Crippen molar-refractivity contribution in [2.24, 2.45) is 9.81 Å². The minimum Gasteiger partial charge on any atom is -0.493 e. The Bertz CT molecular complexity index is 483. The Morgan fingerprint density at radius 2 is 1.95 bits per heavy atom. The van der Waals surface area contributed by atoms with Crippen LogP contribution in [0.5, 0.6) is 11.5 Å². The number of ether oxygens (including phenoxy) is 2. The molecule has 0 aromatic heterocycles. The molecule has 2 rings (SSSR count). The number of hydrogen-bond donors (Lipinski definition) is 0. The molecule has 1 aromatic carbocycles. The van der Waals surface area contributed by atoms with Crippen molar-refractivity contribution in [3.63, 3.8) is 0 Å². The average molecular weight is 280 g/mol. The van der Waals surface area contributed by atoms with Crippen LogP contribution in [0.1, 0.15) is 20.8 Å². The Kier molecular flexibility index (Phi) is 3.94. The maximum atomic E-state index is 5.50. The van der Waals surface area contributed by atoms with Gasteiger partial charge in [0.1, 0.15) is 11.7 Å². The number of nitrogens with zero attached hydrogens (tertiary/aromatic N) is 2. The molecule has 5 heteroatoms. The SMILES string of the molecule is COc1cccc(N2C=NSC2C(C)(C)C)c1OC. The lowest BCUT2D eigenvalue weighted by atomic mass is 9.95. The van der Waals surface area contributed by atoms with Crippen molar-refractivity contribution in [3.8, 4) is 11.5 Å². The number of hydrogen-bond acceptors (Lipinski definition) is 5.